The third-order valence-corrected chi connectivity index (χ3v) is 2.91. The maximum Gasteiger partial charge on any atom is 0.405 e. The smallest absolute Gasteiger partial charge is 0.405 e. The highest BCUT2D eigenvalue weighted by Crippen LogP contribution is 2.36. The van der Waals surface area contributed by atoms with Crippen LogP contribution in [0.2, 0.25) is 0 Å². The largest absolute Gasteiger partial charge is 0.464 e. The maximum atomic E-state index is 12.6. The molecule has 0 aromatic carbocycles. The second-order valence-electron chi connectivity index (χ2n) is 4.58. The summed E-state index contributed by atoms with van der Waals surface area (Å²) < 4.78 is 42.4. The number of halogens is 3. The van der Waals surface area contributed by atoms with Crippen LogP contribution in [0.1, 0.15) is 23.3 Å². The van der Waals surface area contributed by atoms with Gasteiger partial charge < -0.3 is 15.4 Å². The molecule has 0 atom stereocenters. The first-order chi connectivity index (χ1) is 9.31. The molecule has 1 fully saturated rings. The number of alkyl halides is 3. The monoisotopic (exact) mass is 289 g/mol. The molecule has 1 aromatic heterocycles. The number of esters is 1. The molecule has 0 unspecified atom stereocenters. The summed E-state index contributed by atoms with van der Waals surface area (Å²) in [5.41, 5.74) is 5.73. The van der Waals surface area contributed by atoms with Crippen LogP contribution in [0, 0.1) is 0 Å². The van der Waals surface area contributed by atoms with Crippen molar-refractivity contribution in [3.8, 4) is 0 Å². The summed E-state index contributed by atoms with van der Waals surface area (Å²) in [7, 11) is 1.18. The van der Waals surface area contributed by atoms with Crippen LogP contribution >= 0.6 is 0 Å². The van der Waals surface area contributed by atoms with Crippen molar-refractivity contribution in [3.63, 3.8) is 0 Å². The molecule has 0 amide bonds. The van der Waals surface area contributed by atoms with E-state index in [0.717, 1.165) is 4.90 Å². The van der Waals surface area contributed by atoms with Gasteiger partial charge in [0.25, 0.3) is 0 Å². The van der Waals surface area contributed by atoms with Crippen LogP contribution in [0.4, 0.5) is 24.7 Å². The van der Waals surface area contributed by atoms with Gasteiger partial charge in [-0.05, 0) is 25.0 Å². The summed E-state index contributed by atoms with van der Waals surface area (Å²) in [5.74, 6) is -0.735. The fraction of sp³-hybridized carbons (Fsp3) is 0.500. The van der Waals surface area contributed by atoms with E-state index in [4.69, 9.17) is 5.73 Å². The van der Waals surface area contributed by atoms with Crippen molar-refractivity contribution in [3.05, 3.63) is 17.8 Å². The summed E-state index contributed by atoms with van der Waals surface area (Å²) in [6, 6.07) is 2.45. The maximum absolute atomic E-state index is 12.6. The molecule has 0 bridgehead atoms. The first-order valence-corrected chi connectivity index (χ1v) is 6.00. The molecule has 1 aromatic rings. The fourth-order valence-electron chi connectivity index (χ4n) is 1.86. The molecule has 2 rings (SSSR count). The second kappa shape index (κ2) is 5.18. The molecule has 0 saturated heterocycles. The van der Waals surface area contributed by atoms with Gasteiger partial charge in [-0.15, -0.1) is 0 Å². The van der Waals surface area contributed by atoms with Crippen LogP contribution in [0.15, 0.2) is 12.1 Å². The molecule has 2 N–H and O–H groups in total. The van der Waals surface area contributed by atoms with E-state index < -0.39 is 18.7 Å². The number of nitrogen functional groups attached to an aromatic ring is 1. The molecule has 20 heavy (non-hydrogen) atoms. The number of rotatable bonds is 4. The van der Waals surface area contributed by atoms with Crippen molar-refractivity contribution in [2.45, 2.75) is 25.1 Å². The van der Waals surface area contributed by atoms with Crippen LogP contribution in [-0.2, 0) is 4.74 Å². The minimum absolute atomic E-state index is 0.0206. The average Bonchev–Trinajstić information content (AvgIpc) is 3.19. The van der Waals surface area contributed by atoms with Crippen molar-refractivity contribution in [1.29, 1.82) is 0 Å². The number of carbonyl (C=O) groups is 1. The molecular weight excluding hydrogens is 275 g/mol. The summed E-state index contributed by atoms with van der Waals surface area (Å²) in [6.07, 6.45) is -3.06. The van der Waals surface area contributed by atoms with E-state index >= 15 is 0 Å². The third-order valence-electron chi connectivity index (χ3n) is 2.91. The van der Waals surface area contributed by atoms with Gasteiger partial charge >= 0.3 is 12.1 Å². The zero-order chi connectivity index (χ0) is 14.9. The lowest BCUT2D eigenvalue weighted by Gasteiger charge is -2.26. The minimum Gasteiger partial charge on any atom is -0.464 e. The van der Waals surface area contributed by atoms with Gasteiger partial charge in [0.2, 0.25) is 0 Å². The lowest BCUT2D eigenvalue weighted by atomic mass is 10.3. The van der Waals surface area contributed by atoms with Gasteiger partial charge in [0, 0.05) is 6.04 Å². The molecule has 8 heteroatoms. The summed E-state index contributed by atoms with van der Waals surface area (Å²) >= 11 is 0. The molecule has 1 saturated carbocycles. The Morgan fingerprint density at radius 1 is 1.50 bits per heavy atom. The summed E-state index contributed by atoms with van der Waals surface area (Å²) in [4.78, 5) is 16.4. The summed E-state index contributed by atoms with van der Waals surface area (Å²) in [5, 5.41) is 0. The zero-order valence-corrected chi connectivity index (χ0v) is 10.8. The van der Waals surface area contributed by atoms with E-state index in [-0.39, 0.29) is 23.2 Å². The molecule has 1 heterocycles. The van der Waals surface area contributed by atoms with Crippen LogP contribution in [0.5, 0.6) is 0 Å². The topological polar surface area (TPSA) is 68.5 Å². The molecule has 0 radical (unpaired) electrons. The summed E-state index contributed by atoms with van der Waals surface area (Å²) in [6.45, 7) is -1.14. The Hall–Kier alpha value is -1.99. The van der Waals surface area contributed by atoms with E-state index in [1.165, 1.54) is 19.2 Å². The normalized spacial score (nSPS) is 15.0. The molecule has 0 spiro atoms. The molecular formula is C12H14F3N3O2. The van der Waals surface area contributed by atoms with Crippen molar-refractivity contribution < 1.29 is 22.7 Å². The van der Waals surface area contributed by atoms with Gasteiger partial charge in [-0.2, -0.15) is 13.2 Å². The Labute approximate surface area is 113 Å². The van der Waals surface area contributed by atoms with Gasteiger partial charge in [-0.1, -0.05) is 0 Å². The first kappa shape index (κ1) is 14.4. The predicted molar refractivity (Wildman–Crippen MR) is 66.4 cm³/mol. The Morgan fingerprint density at radius 3 is 2.65 bits per heavy atom. The second-order valence-corrected chi connectivity index (χ2v) is 4.58. The van der Waals surface area contributed by atoms with E-state index in [2.05, 4.69) is 9.72 Å². The van der Waals surface area contributed by atoms with Gasteiger partial charge in [0.1, 0.15) is 6.54 Å². The van der Waals surface area contributed by atoms with Crippen LogP contribution in [0.25, 0.3) is 0 Å². The van der Waals surface area contributed by atoms with Crippen LogP contribution in [-0.4, -0.2) is 36.8 Å². The molecule has 1 aliphatic carbocycles. The Balaban J connectivity index is 2.34. The van der Waals surface area contributed by atoms with Crippen molar-refractivity contribution in [1.82, 2.24) is 4.98 Å². The predicted octanol–water partition coefficient (Wildman–Crippen LogP) is 1.98. The number of hydrogen-bond acceptors (Lipinski definition) is 5. The zero-order valence-electron chi connectivity index (χ0n) is 10.8. The molecule has 0 aliphatic heterocycles. The number of nitrogens with zero attached hydrogens (tertiary/aromatic N) is 2. The Bertz CT molecular complexity index is 515. The number of anilines is 2. The van der Waals surface area contributed by atoms with E-state index in [0.29, 0.717) is 12.8 Å². The third kappa shape index (κ3) is 3.31. The highest BCUT2D eigenvalue weighted by molar-refractivity contribution is 5.88. The average molecular weight is 289 g/mol. The van der Waals surface area contributed by atoms with E-state index in [9.17, 15) is 18.0 Å². The molecule has 110 valence electrons. The number of pyridine rings is 1. The standard InChI is InChI=1S/C12H14F3N3O2/c1-20-11(19)9-5-4-8(16)10(17-9)18(7-2-3-7)6-12(13,14)15/h4-5,7H,2-3,6,16H2,1H3. The Morgan fingerprint density at radius 2 is 2.15 bits per heavy atom. The number of aromatic nitrogens is 1. The molecule has 5 nitrogen and oxygen atoms in total. The number of hydrogen-bond donors (Lipinski definition) is 1. The quantitative estimate of drug-likeness (QED) is 0.858. The van der Waals surface area contributed by atoms with Crippen LogP contribution < -0.4 is 10.6 Å². The van der Waals surface area contributed by atoms with Crippen LogP contribution in [0.3, 0.4) is 0 Å². The Kier molecular flexibility index (Phi) is 3.74. The number of ether oxygens (including phenoxy) is 1. The van der Waals surface area contributed by atoms with E-state index in [1.807, 2.05) is 0 Å². The number of carbonyl (C=O) groups excluding carboxylic acids is 1. The lowest BCUT2D eigenvalue weighted by molar-refractivity contribution is -0.120. The highest BCUT2D eigenvalue weighted by atomic mass is 19.4. The lowest BCUT2D eigenvalue weighted by Crippen LogP contribution is -2.37. The molecule has 1 aliphatic rings. The van der Waals surface area contributed by atoms with E-state index in [1.54, 1.807) is 0 Å². The van der Waals surface area contributed by atoms with Crippen molar-refractivity contribution in [2.24, 2.45) is 0 Å². The number of methoxy groups -OCH3 is 1. The highest BCUT2D eigenvalue weighted by Gasteiger charge is 2.39. The number of nitrogens with two attached hydrogens (primary N) is 1. The van der Waals surface area contributed by atoms with Gasteiger partial charge in [0.05, 0.1) is 12.8 Å². The van der Waals surface area contributed by atoms with Crippen molar-refractivity contribution in [2.75, 3.05) is 24.3 Å². The minimum atomic E-state index is -4.36. The van der Waals surface area contributed by atoms with Gasteiger partial charge in [-0.25, -0.2) is 9.78 Å². The van der Waals surface area contributed by atoms with Gasteiger partial charge in [0.15, 0.2) is 11.5 Å². The van der Waals surface area contributed by atoms with Gasteiger partial charge in [-0.3, -0.25) is 0 Å². The van der Waals surface area contributed by atoms with Crippen molar-refractivity contribution >= 4 is 17.5 Å². The first-order valence-electron chi connectivity index (χ1n) is 6.00. The SMILES string of the molecule is COC(=O)c1ccc(N)c(N(CC(F)(F)F)C2CC2)n1. The fourth-order valence-corrected chi connectivity index (χ4v) is 1.86.